The van der Waals surface area contributed by atoms with Crippen molar-refractivity contribution in [3.8, 4) is 17.2 Å². The Morgan fingerprint density at radius 3 is 2.38 bits per heavy atom. The summed E-state index contributed by atoms with van der Waals surface area (Å²) < 4.78 is 46.1. The number of piperidine rings is 1. The van der Waals surface area contributed by atoms with E-state index >= 15 is 0 Å². The normalized spacial score (nSPS) is 17.7. The van der Waals surface area contributed by atoms with Crippen LogP contribution in [0.2, 0.25) is 5.02 Å². The highest BCUT2D eigenvalue weighted by Crippen LogP contribution is 2.39. The number of methoxy groups -OCH3 is 2. The molecule has 0 saturated carbocycles. The van der Waals surface area contributed by atoms with E-state index in [2.05, 4.69) is 0 Å². The summed E-state index contributed by atoms with van der Waals surface area (Å²) in [5.41, 5.74) is 0.266. The molecule has 8 nitrogen and oxygen atoms in total. The fraction of sp³-hybridized carbons (Fsp3) is 0.367. The van der Waals surface area contributed by atoms with Crippen LogP contribution < -0.4 is 14.2 Å². The van der Waals surface area contributed by atoms with Gasteiger partial charge in [0, 0.05) is 49.6 Å². The molecule has 1 aliphatic rings. The summed E-state index contributed by atoms with van der Waals surface area (Å²) in [6.45, 7) is 1.06. The van der Waals surface area contributed by atoms with Crippen LogP contribution in [0.5, 0.6) is 17.2 Å². The summed E-state index contributed by atoms with van der Waals surface area (Å²) in [6, 6.07) is 21.4. The SMILES string of the molecule is COc1ccc(OC)c(S(=O)(=O)N2CCC[C@](COc3ccc(Cl)cc3)(CC(=O)N(C)Cc3ccccc3)C2)c1. The Morgan fingerprint density at radius 2 is 1.70 bits per heavy atom. The second-order valence-corrected chi connectivity index (χ2v) is 12.5. The van der Waals surface area contributed by atoms with Gasteiger partial charge in [0.2, 0.25) is 15.9 Å². The highest BCUT2D eigenvalue weighted by atomic mass is 35.5. The van der Waals surface area contributed by atoms with Crippen molar-refractivity contribution in [1.29, 1.82) is 0 Å². The number of carbonyl (C=O) groups is 1. The molecular formula is C30H35ClN2O6S. The van der Waals surface area contributed by atoms with Crippen molar-refractivity contribution >= 4 is 27.5 Å². The summed E-state index contributed by atoms with van der Waals surface area (Å²) in [5.74, 6) is 1.16. The number of hydrogen-bond acceptors (Lipinski definition) is 6. The van der Waals surface area contributed by atoms with Gasteiger partial charge in [0.1, 0.15) is 22.1 Å². The van der Waals surface area contributed by atoms with Gasteiger partial charge in [-0.3, -0.25) is 4.79 Å². The zero-order chi connectivity index (χ0) is 28.8. The number of ether oxygens (including phenoxy) is 3. The van der Waals surface area contributed by atoms with Gasteiger partial charge in [-0.1, -0.05) is 41.9 Å². The number of hydrogen-bond donors (Lipinski definition) is 0. The van der Waals surface area contributed by atoms with Crippen molar-refractivity contribution in [1.82, 2.24) is 9.21 Å². The lowest BCUT2D eigenvalue weighted by Crippen LogP contribution is -2.50. The molecule has 0 bridgehead atoms. The van der Waals surface area contributed by atoms with E-state index in [1.165, 1.54) is 24.6 Å². The second-order valence-electron chi connectivity index (χ2n) is 10.1. The molecule has 0 aliphatic carbocycles. The molecule has 3 aromatic carbocycles. The van der Waals surface area contributed by atoms with Gasteiger partial charge in [0.25, 0.3) is 0 Å². The molecule has 3 aromatic rings. The number of nitrogens with zero attached hydrogens (tertiary/aromatic N) is 2. The van der Waals surface area contributed by atoms with Gasteiger partial charge < -0.3 is 19.1 Å². The van der Waals surface area contributed by atoms with Crippen LogP contribution in [0.4, 0.5) is 0 Å². The maximum atomic E-state index is 13.9. The fourth-order valence-electron chi connectivity index (χ4n) is 4.97. The standard InChI is InChI=1S/C30H35ClN2O6S/c1-32(20-23-8-5-4-6-9-23)29(34)19-30(22-39-25-12-10-24(31)11-13-25)16-7-17-33(21-30)40(35,36)28-18-26(37-2)14-15-27(28)38-3/h4-6,8-15,18H,7,16-17,19-22H2,1-3H3/t30-/m0/s1. The summed E-state index contributed by atoms with van der Waals surface area (Å²) in [6.07, 6.45) is 1.34. The summed E-state index contributed by atoms with van der Waals surface area (Å²) in [5, 5.41) is 0.585. The summed E-state index contributed by atoms with van der Waals surface area (Å²) >= 11 is 6.03. The third-order valence-corrected chi connectivity index (χ3v) is 9.31. The van der Waals surface area contributed by atoms with Crippen LogP contribution in [-0.2, 0) is 21.4 Å². The fourth-order valence-corrected chi connectivity index (χ4v) is 6.86. The van der Waals surface area contributed by atoms with E-state index in [0.29, 0.717) is 42.5 Å². The van der Waals surface area contributed by atoms with Crippen molar-refractivity contribution in [2.45, 2.75) is 30.7 Å². The maximum Gasteiger partial charge on any atom is 0.246 e. The van der Waals surface area contributed by atoms with Crippen molar-refractivity contribution < 1.29 is 27.4 Å². The highest BCUT2D eigenvalue weighted by Gasteiger charge is 2.43. The number of halogens is 1. The van der Waals surface area contributed by atoms with E-state index in [1.54, 1.807) is 48.3 Å². The minimum absolute atomic E-state index is 0.0243. The predicted molar refractivity (Wildman–Crippen MR) is 154 cm³/mol. The van der Waals surface area contributed by atoms with Crippen LogP contribution >= 0.6 is 11.6 Å². The molecule has 0 unspecified atom stereocenters. The Kier molecular flexibility index (Phi) is 9.60. The molecule has 0 spiro atoms. The van der Waals surface area contributed by atoms with Crippen molar-refractivity contribution in [2.75, 3.05) is 41.0 Å². The summed E-state index contributed by atoms with van der Waals surface area (Å²) in [4.78, 5) is 15.2. The first-order valence-corrected chi connectivity index (χ1v) is 14.9. The number of sulfonamides is 1. The average molecular weight is 587 g/mol. The van der Waals surface area contributed by atoms with Crippen LogP contribution in [-0.4, -0.2) is 64.5 Å². The molecule has 214 valence electrons. The number of rotatable bonds is 11. The Bertz CT molecular complexity index is 1400. The van der Waals surface area contributed by atoms with Crippen LogP contribution in [0.3, 0.4) is 0 Å². The van der Waals surface area contributed by atoms with Gasteiger partial charge in [0.05, 0.1) is 20.8 Å². The molecule has 0 aromatic heterocycles. The molecule has 0 N–H and O–H groups in total. The molecule has 0 radical (unpaired) electrons. The van der Waals surface area contributed by atoms with Crippen LogP contribution in [0.1, 0.15) is 24.8 Å². The van der Waals surface area contributed by atoms with Gasteiger partial charge in [0.15, 0.2) is 0 Å². The van der Waals surface area contributed by atoms with E-state index in [1.807, 2.05) is 30.3 Å². The van der Waals surface area contributed by atoms with Gasteiger partial charge in [-0.2, -0.15) is 4.31 Å². The molecule has 40 heavy (non-hydrogen) atoms. The molecule has 1 saturated heterocycles. The van der Waals surface area contributed by atoms with Crippen LogP contribution in [0.15, 0.2) is 77.7 Å². The number of amides is 1. The first-order valence-electron chi connectivity index (χ1n) is 13.0. The molecule has 4 rings (SSSR count). The van der Waals surface area contributed by atoms with Gasteiger partial charge in [-0.15, -0.1) is 0 Å². The predicted octanol–water partition coefficient (Wildman–Crippen LogP) is 5.26. The smallest absolute Gasteiger partial charge is 0.246 e. The summed E-state index contributed by atoms with van der Waals surface area (Å²) in [7, 11) is 0.709. The van der Waals surface area contributed by atoms with Crippen LogP contribution in [0.25, 0.3) is 0 Å². The lowest BCUT2D eigenvalue weighted by atomic mass is 9.78. The molecule has 1 amide bonds. The van der Waals surface area contributed by atoms with Crippen LogP contribution in [0, 0.1) is 5.41 Å². The maximum absolute atomic E-state index is 13.9. The zero-order valence-corrected chi connectivity index (χ0v) is 24.6. The zero-order valence-electron chi connectivity index (χ0n) is 23.0. The largest absolute Gasteiger partial charge is 0.497 e. The Hall–Kier alpha value is -3.27. The Morgan fingerprint density at radius 1 is 1.00 bits per heavy atom. The minimum atomic E-state index is -3.97. The Balaban J connectivity index is 1.61. The number of carbonyl (C=O) groups excluding carboxylic acids is 1. The van der Waals surface area contributed by atoms with Gasteiger partial charge in [-0.05, 0) is 54.8 Å². The van der Waals surface area contributed by atoms with Gasteiger partial charge >= 0.3 is 0 Å². The minimum Gasteiger partial charge on any atom is -0.497 e. The average Bonchev–Trinajstić information content (AvgIpc) is 2.97. The first kappa shape index (κ1) is 29.7. The second kappa shape index (κ2) is 12.9. The van der Waals surface area contributed by atoms with E-state index in [-0.39, 0.29) is 36.1 Å². The quantitative estimate of drug-likeness (QED) is 0.305. The molecule has 1 fully saturated rings. The van der Waals surface area contributed by atoms with Gasteiger partial charge in [-0.25, -0.2) is 8.42 Å². The number of benzene rings is 3. The van der Waals surface area contributed by atoms with E-state index in [4.69, 9.17) is 25.8 Å². The lowest BCUT2D eigenvalue weighted by molar-refractivity contribution is -0.134. The molecule has 1 aliphatic heterocycles. The molecular weight excluding hydrogens is 552 g/mol. The van der Waals surface area contributed by atoms with E-state index in [9.17, 15) is 13.2 Å². The van der Waals surface area contributed by atoms with Crippen molar-refractivity contribution in [2.24, 2.45) is 5.41 Å². The monoisotopic (exact) mass is 586 g/mol. The van der Waals surface area contributed by atoms with E-state index in [0.717, 1.165) is 5.56 Å². The highest BCUT2D eigenvalue weighted by molar-refractivity contribution is 7.89. The third kappa shape index (κ3) is 7.08. The molecule has 1 heterocycles. The first-order chi connectivity index (χ1) is 19.2. The van der Waals surface area contributed by atoms with Crippen molar-refractivity contribution in [3.63, 3.8) is 0 Å². The lowest BCUT2D eigenvalue weighted by Gasteiger charge is -2.42. The van der Waals surface area contributed by atoms with E-state index < -0.39 is 15.4 Å². The Labute approximate surface area is 241 Å². The topological polar surface area (TPSA) is 85.4 Å². The molecule has 1 atom stereocenters. The third-order valence-electron chi connectivity index (χ3n) is 7.19. The van der Waals surface area contributed by atoms with Crippen molar-refractivity contribution in [3.05, 3.63) is 83.4 Å². The molecule has 10 heteroatoms.